The van der Waals surface area contributed by atoms with Crippen molar-refractivity contribution in [3.63, 3.8) is 0 Å². The molecular weight excluding hydrogens is 136 g/mol. The van der Waals surface area contributed by atoms with Gasteiger partial charge in [-0.2, -0.15) is 0 Å². The molecule has 0 aromatic heterocycles. The quantitative estimate of drug-likeness (QED) is 0.556. The molecule has 1 aliphatic heterocycles. The van der Waals surface area contributed by atoms with Gasteiger partial charge < -0.3 is 4.74 Å². The zero-order valence-corrected chi connectivity index (χ0v) is 7.76. The molecule has 0 amide bonds. The molecule has 0 aromatic rings. The second-order valence-electron chi connectivity index (χ2n) is 3.83. The predicted molar refractivity (Wildman–Crippen MR) is 47.5 cm³/mol. The lowest BCUT2D eigenvalue weighted by molar-refractivity contribution is 0.0370. The van der Waals surface area contributed by atoms with Crippen molar-refractivity contribution in [3.05, 3.63) is 12.2 Å². The normalized spacial score (nSPS) is 31.3. The smallest absolute Gasteiger partial charge is 0.0784 e. The van der Waals surface area contributed by atoms with Gasteiger partial charge in [0.05, 0.1) is 12.2 Å². The summed E-state index contributed by atoms with van der Waals surface area (Å²) in [7, 11) is 0. The van der Waals surface area contributed by atoms with Crippen LogP contribution in [0.4, 0.5) is 0 Å². The van der Waals surface area contributed by atoms with E-state index in [-0.39, 0.29) is 0 Å². The second-order valence-corrected chi connectivity index (χ2v) is 3.83. The van der Waals surface area contributed by atoms with Gasteiger partial charge in [0.25, 0.3) is 0 Å². The van der Waals surface area contributed by atoms with Gasteiger partial charge >= 0.3 is 0 Å². The van der Waals surface area contributed by atoms with Gasteiger partial charge in [0.1, 0.15) is 0 Å². The maximum atomic E-state index is 5.78. The molecule has 1 aliphatic rings. The third kappa shape index (κ3) is 2.06. The summed E-state index contributed by atoms with van der Waals surface area (Å²) < 4.78 is 5.78. The van der Waals surface area contributed by atoms with Gasteiger partial charge in [-0.15, -0.1) is 0 Å². The van der Waals surface area contributed by atoms with E-state index < -0.39 is 0 Å². The molecule has 0 aliphatic carbocycles. The molecule has 0 saturated carbocycles. The summed E-state index contributed by atoms with van der Waals surface area (Å²) in [6.45, 7) is 10.4. The van der Waals surface area contributed by atoms with Crippen molar-refractivity contribution in [2.24, 2.45) is 5.92 Å². The fourth-order valence-electron chi connectivity index (χ4n) is 1.52. The van der Waals surface area contributed by atoms with Crippen molar-refractivity contribution in [1.82, 2.24) is 0 Å². The topological polar surface area (TPSA) is 9.23 Å². The van der Waals surface area contributed by atoms with Crippen molar-refractivity contribution >= 4 is 0 Å². The fraction of sp³-hybridized carbons (Fsp3) is 0.800. The predicted octanol–water partition coefficient (Wildman–Crippen LogP) is 2.77. The van der Waals surface area contributed by atoms with Crippen molar-refractivity contribution in [3.8, 4) is 0 Å². The van der Waals surface area contributed by atoms with Gasteiger partial charge in [0.15, 0.2) is 0 Å². The van der Waals surface area contributed by atoms with E-state index in [9.17, 15) is 0 Å². The molecule has 1 nitrogen and oxygen atoms in total. The Bertz CT molecular complexity index is 149. The van der Waals surface area contributed by atoms with E-state index in [2.05, 4.69) is 20.4 Å². The molecule has 2 atom stereocenters. The lowest BCUT2D eigenvalue weighted by Gasteiger charge is -2.16. The summed E-state index contributed by atoms with van der Waals surface area (Å²) in [5.74, 6) is 0.652. The van der Waals surface area contributed by atoms with Crippen LogP contribution in [0.15, 0.2) is 12.2 Å². The first-order valence-corrected chi connectivity index (χ1v) is 4.42. The Hall–Kier alpha value is -0.300. The summed E-state index contributed by atoms with van der Waals surface area (Å²) in [5, 5.41) is 0. The SMILES string of the molecule is C=C(C)C1CCC(C(C)C)O1. The standard InChI is InChI=1S/C10H18O/c1-7(2)9-5-6-10(11-9)8(3)4/h8-10H,1,5-6H2,2-4H3. The van der Waals surface area contributed by atoms with Gasteiger partial charge in [-0.1, -0.05) is 26.0 Å². The molecule has 0 aromatic carbocycles. The molecule has 1 heterocycles. The highest BCUT2D eigenvalue weighted by Crippen LogP contribution is 2.28. The van der Waals surface area contributed by atoms with Crippen LogP contribution in [0.2, 0.25) is 0 Å². The Morgan fingerprint density at radius 3 is 2.36 bits per heavy atom. The molecule has 2 unspecified atom stereocenters. The molecular formula is C10H18O. The van der Waals surface area contributed by atoms with E-state index in [0.29, 0.717) is 18.1 Å². The Labute approximate surface area is 69.4 Å². The molecule has 1 heteroatoms. The molecule has 0 bridgehead atoms. The maximum Gasteiger partial charge on any atom is 0.0784 e. The molecule has 0 spiro atoms. The lowest BCUT2D eigenvalue weighted by atomic mass is 10.0. The van der Waals surface area contributed by atoms with E-state index in [1.165, 1.54) is 12.0 Å². The van der Waals surface area contributed by atoms with E-state index in [1.54, 1.807) is 0 Å². The highest BCUT2D eigenvalue weighted by Gasteiger charge is 2.27. The largest absolute Gasteiger partial charge is 0.370 e. The maximum absolute atomic E-state index is 5.78. The van der Waals surface area contributed by atoms with Crippen molar-refractivity contribution in [2.45, 2.75) is 45.8 Å². The van der Waals surface area contributed by atoms with Crippen molar-refractivity contribution in [2.75, 3.05) is 0 Å². The molecule has 11 heavy (non-hydrogen) atoms. The molecule has 1 rings (SSSR count). The average molecular weight is 154 g/mol. The minimum absolute atomic E-state index is 0.336. The van der Waals surface area contributed by atoms with Crippen LogP contribution in [0.3, 0.4) is 0 Å². The monoisotopic (exact) mass is 154 g/mol. The van der Waals surface area contributed by atoms with Crippen LogP contribution >= 0.6 is 0 Å². The van der Waals surface area contributed by atoms with Gasteiger partial charge in [-0.25, -0.2) is 0 Å². The van der Waals surface area contributed by atoms with Crippen LogP contribution in [0.1, 0.15) is 33.6 Å². The number of rotatable bonds is 2. The van der Waals surface area contributed by atoms with Gasteiger partial charge in [-0.05, 0) is 25.7 Å². The third-order valence-corrected chi connectivity index (χ3v) is 2.35. The van der Waals surface area contributed by atoms with E-state index >= 15 is 0 Å². The Morgan fingerprint density at radius 2 is 2.09 bits per heavy atom. The van der Waals surface area contributed by atoms with Crippen molar-refractivity contribution < 1.29 is 4.74 Å². The minimum Gasteiger partial charge on any atom is -0.370 e. The highest BCUT2D eigenvalue weighted by molar-refractivity contribution is 5.00. The van der Waals surface area contributed by atoms with Crippen LogP contribution in [0, 0.1) is 5.92 Å². The number of ether oxygens (including phenoxy) is 1. The van der Waals surface area contributed by atoms with Gasteiger partial charge in [0.2, 0.25) is 0 Å². The summed E-state index contributed by atoms with van der Waals surface area (Å²) >= 11 is 0. The molecule has 0 radical (unpaired) electrons. The molecule has 0 N–H and O–H groups in total. The highest BCUT2D eigenvalue weighted by atomic mass is 16.5. The first-order chi connectivity index (χ1) is 5.11. The summed E-state index contributed by atoms with van der Waals surface area (Å²) in [6.07, 6.45) is 3.17. The Balaban J connectivity index is 2.41. The van der Waals surface area contributed by atoms with Crippen molar-refractivity contribution in [1.29, 1.82) is 0 Å². The van der Waals surface area contributed by atoms with E-state index in [4.69, 9.17) is 4.74 Å². The van der Waals surface area contributed by atoms with Crippen LogP contribution in [0.5, 0.6) is 0 Å². The summed E-state index contributed by atoms with van der Waals surface area (Å²) in [4.78, 5) is 0. The molecule has 1 fully saturated rings. The lowest BCUT2D eigenvalue weighted by Crippen LogP contribution is -2.16. The first kappa shape index (κ1) is 8.79. The van der Waals surface area contributed by atoms with Crippen LogP contribution < -0.4 is 0 Å². The van der Waals surface area contributed by atoms with Gasteiger partial charge in [0, 0.05) is 0 Å². The number of hydrogen-bond donors (Lipinski definition) is 0. The second kappa shape index (κ2) is 3.40. The number of hydrogen-bond acceptors (Lipinski definition) is 1. The third-order valence-electron chi connectivity index (χ3n) is 2.35. The zero-order valence-electron chi connectivity index (χ0n) is 7.76. The fourth-order valence-corrected chi connectivity index (χ4v) is 1.52. The summed E-state index contributed by atoms with van der Waals surface area (Å²) in [5.41, 5.74) is 1.17. The zero-order chi connectivity index (χ0) is 8.43. The van der Waals surface area contributed by atoms with Crippen LogP contribution in [-0.4, -0.2) is 12.2 Å². The van der Waals surface area contributed by atoms with Crippen LogP contribution in [-0.2, 0) is 4.74 Å². The molecule has 1 saturated heterocycles. The Morgan fingerprint density at radius 1 is 1.45 bits per heavy atom. The Kier molecular flexibility index (Phi) is 2.72. The van der Waals surface area contributed by atoms with Crippen LogP contribution in [0.25, 0.3) is 0 Å². The van der Waals surface area contributed by atoms with E-state index in [1.807, 2.05) is 6.92 Å². The summed E-state index contributed by atoms with van der Waals surface area (Å²) in [6, 6.07) is 0. The van der Waals surface area contributed by atoms with Gasteiger partial charge in [-0.3, -0.25) is 0 Å². The molecule has 64 valence electrons. The average Bonchev–Trinajstić information content (AvgIpc) is 2.33. The van der Waals surface area contributed by atoms with E-state index in [0.717, 1.165) is 6.42 Å². The minimum atomic E-state index is 0.336. The first-order valence-electron chi connectivity index (χ1n) is 4.42.